The molecule has 2 saturated heterocycles. The van der Waals surface area contributed by atoms with E-state index in [1.807, 2.05) is 5.10 Å². The molecule has 0 aliphatic carbocycles. The Balaban J connectivity index is 1.95. The van der Waals surface area contributed by atoms with Crippen LogP contribution in [0.1, 0.15) is 18.4 Å². The monoisotopic (exact) mass is 288 g/mol. The van der Waals surface area contributed by atoms with Gasteiger partial charge in [0.1, 0.15) is 5.56 Å². The molecule has 3 rings (SSSR count). The molecule has 0 amide bonds. The average Bonchev–Trinajstić information content (AvgIpc) is 2.80. The maximum Gasteiger partial charge on any atom is 0.423 e. The topological polar surface area (TPSA) is 61.0 Å². The number of rotatable bonds is 1. The van der Waals surface area contributed by atoms with Gasteiger partial charge >= 0.3 is 6.18 Å². The average molecular weight is 288 g/mol. The molecule has 3 heterocycles. The predicted octanol–water partition coefficient (Wildman–Crippen LogP) is 0.977. The summed E-state index contributed by atoms with van der Waals surface area (Å²) in [6.45, 7) is 1.92. The van der Waals surface area contributed by atoms with Gasteiger partial charge in [0.2, 0.25) is 0 Å². The summed E-state index contributed by atoms with van der Waals surface area (Å²) in [7, 11) is 0. The van der Waals surface area contributed by atoms with E-state index in [4.69, 9.17) is 0 Å². The lowest BCUT2D eigenvalue weighted by Crippen LogP contribution is -2.40. The van der Waals surface area contributed by atoms with Crippen molar-refractivity contribution in [2.75, 3.05) is 24.5 Å². The Morgan fingerprint density at radius 1 is 1.35 bits per heavy atom. The Morgan fingerprint density at radius 2 is 2.15 bits per heavy atom. The summed E-state index contributed by atoms with van der Waals surface area (Å²) in [5.41, 5.74) is -2.44. The van der Waals surface area contributed by atoms with Crippen molar-refractivity contribution in [2.24, 2.45) is 5.92 Å². The van der Waals surface area contributed by atoms with E-state index in [2.05, 4.69) is 10.4 Å². The Hall–Kier alpha value is -1.57. The van der Waals surface area contributed by atoms with Crippen molar-refractivity contribution in [3.8, 4) is 0 Å². The Kier molecular flexibility index (Phi) is 3.19. The number of piperidine rings is 1. The van der Waals surface area contributed by atoms with Crippen LogP contribution in [0.3, 0.4) is 0 Å². The maximum atomic E-state index is 13.0. The lowest BCUT2D eigenvalue weighted by Gasteiger charge is -2.24. The van der Waals surface area contributed by atoms with Crippen molar-refractivity contribution in [3.63, 3.8) is 0 Å². The van der Waals surface area contributed by atoms with Crippen molar-refractivity contribution in [1.29, 1.82) is 0 Å². The third-order valence-electron chi connectivity index (χ3n) is 4.06. The normalized spacial score (nSPS) is 26.6. The zero-order valence-corrected chi connectivity index (χ0v) is 10.7. The number of hydrogen-bond donors (Lipinski definition) is 2. The third kappa shape index (κ3) is 2.28. The number of H-pyrrole nitrogens is 1. The predicted molar refractivity (Wildman–Crippen MR) is 66.6 cm³/mol. The van der Waals surface area contributed by atoms with Crippen LogP contribution in [-0.4, -0.2) is 35.9 Å². The molecule has 8 heteroatoms. The largest absolute Gasteiger partial charge is 0.423 e. The highest BCUT2D eigenvalue weighted by molar-refractivity contribution is 5.53. The van der Waals surface area contributed by atoms with Crippen molar-refractivity contribution in [3.05, 3.63) is 22.1 Å². The number of nitrogens with zero attached hydrogens (tertiary/aromatic N) is 2. The first-order valence-electron chi connectivity index (χ1n) is 6.60. The minimum atomic E-state index is -4.67. The van der Waals surface area contributed by atoms with Crippen LogP contribution < -0.4 is 15.8 Å². The molecule has 5 nitrogen and oxygen atoms in total. The summed E-state index contributed by atoms with van der Waals surface area (Å²) >= 11 is 0. The first-order chi connectivity index (χ1) is 9.47. The molecule has 1 aromatic rings. The number of aromatic nitrogens is 2. The SMILES string of the molecule is O=c1[nH]ncc(N2C[C@@H]3CCCN[C@@H]3C2)c1C(F)(F)F. The van der Waals surface area contributed by atoms with Gasteiger partial charge in [-0.15, -0.1) is 0 Å². The van der Waals surface area contributed by atoms with Gasteiger partial charge < -0.3 is 10.2 Å². The smallest absolute Gasteiger partial charge is 0.368 e. The van der Waals surface area contributed by atoms with Crippen molar-refractivity contribution >= 4 is 5.69 Å². The summed E-state index contributed by atoms with van der Waals surface area (Å²) < 4.78 is 39.1. The molecule has 2 atom stereocenters. The standard InChI is InChI=1S/C12H15F3N4O/c13-12(14,15)10-9(4-17-18-11(10)20)19-5-7-2-1-3-16-8(7)6-19/h4,7-8,16H,1-3,5-6H2,(H,18,20)/t7-,8+/m0/s1. The second-order valence-corrected chi connectivity index (χ2v) is 5.33. The fourth-order valence-electron chi connectivity index (χ4n) is 3.15. The number of aromatic amines is 1. The summed E-state index contributed by atoms with van der Waals surface area (Å²) in [5, 5.41) is 8.71. The molecule has 2 N–H and O–H groups in total. The molecular weight excluding hydrogens is 273 g/mol. The number of anilines is 1. The zero-order chi connectivity index (χ0) is 14.3. The van der Waals surface area contributed by atoms with Crippen molar-refractivity contribution < 1.29 is 13.2 Å². The summed E-state index contributed by atoms with van der Waals surface area (Å²) in [6, 6.07) is 0.198. The van der Waals surface area contributed by atoms with Crippen molar-refractivity contribution in [1.82, 2.24) is 15.5 Å². The van der Waals surface area contributed by atoms with Crippen LogP contribution in [0.15, 0.2) is 11.0 Å². The number of halogens is 3. The van der Waals surface area contributed by atoms with Gasteiger partial charge in [-0.3, -0.25) is 4.79 Å². The molecule has 2 aliphatic rings. The lowest BCUT2D eigenvalue weighted by molar-refractivity contribution is -0.138. The number of nitrogens with one attached hydrogen (secondary N) is 2. The molecule has 0 radical (unpaired) electrons. The molecule has 110 valence electrons. The Morgan fingerprint density at radius 3 is 2.85 bits per heavy atom. The van der Waals surface area contributed by atoms with Crippen LogP contribution in [-0.2, 0) is 6.18 Å². The summed E-state index contributed by atoms with van der Waals surface area (Å²) in [5.74, 6) is 0.337. The van der Waals surface area contributed by atoms with E-state index in [0.29, 0.717) is 19.0 Å². The highest BCUT2D eigenvalue weighted by atomic mass is 19.4. The maximum absolute atomic E-state index is 13.0. The first-order valence-corrected chi connectivity index (χ1v) is 6.60. The molecule has 1 aromatic heterocycles. The summed E-state index contributed by atoms with van der Waals surface area (Å²) in [4.78, 5) is 13.1. The van der Waals surface area contributed by atoms with E-state index in [9.17, 15) is 18.0 Å². The van der Waals surface area contributed by atoms with Gasteiger partial charge in [0.05, 0.1) is 11.9 Å². The first kappa shape index (κ1) is 13.4. The lowest BCUT2D eigenvalue weighted by atomic mass is 9.94. The van der Waals surface area contributed by atoms with Gasteiger partial charge in [-0.05, 0) is 25.3 Å². The van der Waals surface area contributed by atoms with Gasteiger partial charge in [0, 0.05) is 19.1 Å². The highest BCUT2D eigenvalue weighted by Crippen LogP contribution is 2.36. The molecule has 0 aromatic carbocycles. The number of alkyl halides is 3. The van der Waals surface area contributed by atoms with E-state index in [-0.39, 0.29) is 11.7 Å². The fraction of sp³-hybridized carbons (Fsp3) is 0.667. The third-order valence-corrected chi connectivity index (χ3v) is 4.06. The van der Waals surface area contributed by atoms with Gasteiger partial charge in [0.25, 0.3) is 5.56 Å². The number of hydrogen-bond acceptors (Lipinski definition) is 4. The van der Waals surface area contributed by atoms with E-state index >= 15 is 0 Å². The van der Waals surface area contributed by atoms with Gasteiger partial charge in [0.15, 0.2) is 0 Å². The number of fused-ring (bicyclic) bond motifs is 1. The van der Waals surface area contributed by atoms with Crippen molar-refractivity contribution in [2.45, 2.75) is 25.1 Å². The zero-order valence-electron chi connectivity index (χ0n) is 10.7. The van der Waals surface area contributed by atoms with Crippen LogP contribution in [0.25, 0.3) is 0 Å². The quantitative estimate of drug-likeness (QED) is 0.808. The molecule has 0 spiro atoms. The van der Waals surface area contributed by atoms with E-state index < -0.39 is 17.3 Å². The molecule has 2 fully saturated rings. The fourth-order valence-corrected chi connectivity index (χ4v) is 3.15. The molecule has 2 aliphatic heterocycles. The van der Waals surface area contributed by atoms with Gasteiger partial charge in [-0.25, -0.2) is 5.10 Å². The van der Waals surface area contributed by atoms with Crippen LogP contribution >= 0.6 is 0 Å². The van der Waals surface area contributed by atoms with Crippen LogP contribution in [0.2, 0.25) is 0 Å². The minimum Gasteiger partial charge on any atom is -0.368 e. The molecule has 0 unspecified atom stereocenters. The highest BCUT2D eigenvalue weighted by Gasteiger charge is 2.42. The van der Waals surface area contributed by atoms with Crippen LogP contribution in [0.4, 0.5) is 18.9 Å². The van der Waals surface area contributed by atoms with E-state index in [0.717, 1.165) is 25.6 Å². The van der Waals surface area contributed by atoms with Crippen LogP contribution in [0.5, 0.6) is 0 Å². The molecule has 0 saturated carbocycles. The van der Waals surface area contributed by atoms with Gasteiger partial charge in [-0.2, -0.15) is 18.3 Å². The van der Waals surface area contributed by atoms with Crippen LogP contribution in [0, 0.1) is 5.92 Å². The molecular formula is C12H15F3N4O. The molecule has 0 bridgehead atoms. The Labute approximate surface area is 113 Å². The second kappa shape index (κ2) is 4.76. The second-order valence-electron chi connectivity index (χ2n) is 5.33. The van der Waals surface area contributed by atoms with Gasteiger partial charge in [-0.1, -0.05) is 0 Å². The summed E-state index contributed by atoms with van der Waals surface area (Å²) in [6.07, 6.45) is -1.53. The van der Waals surface area contributed by atoms with E-state index in [1.165, 1.54) is 0 Å². The minimum absolute atomic E-state index is 0.113. The Bertz CT molecular complexity index is 542. The molecule has 20 heavy (non-hydrogen) atoms. The van der Waals surface area contributed by atoms with E-state index in [1.54, 1.807) is 4.90 Å².